The Bertz CT molecular complexity index is 1080. The molecule has 142 valence electrons. The predicted molar refractivity (Wildman–Crippen MR) is 103 cm³/mol. The normalized spacial score (nSPS) is 19.2. The van der Waals surface area contributed by atoms with Crippen LogP contribution < -0.4 is 10.1 Å². The molecule has 4 rings (SSSR count). The Hall–Kier alpha value is -3.41. The summed E-state index contributed by atoms with van der Waals surface area (Å²) in [5, 5.41) is 4.73. The molecule has 1 atom stereocenters. The molecule has 5 nitrogen and oxygen atoms in total. The fourth-order valence-electron chi connectivity index (χ4n) is 3.47. The van der Waals surface area contributed by atoms with E-state index in [0.29, 0.717) is 11.1 Å². The first-order chi connectivity index (χ1) is 13.4. The van der Waals surface area contributed by atoms with Gasteiger partial charge >= 0.3 is 6.03 Å². The fraction of sp³-hybridized carbons (Fsp3) is 0.182. The molecule has 28 heavy (non-hydrogen) atoms. The number of ether oxygens (including phenoxy) is 1. The molecule has 0 unspecified atom stereocenters. The minimum Gasteiger partial charge on any atom is -0.497 e. The summed E-state index contributed by atoms with van der Waals surface area (Å²) < 4.78 is 18.3. The van der Waals surface area contributed by atoms with Crippen LogP contribution in [0.15, 0.2) is 60.7 Å². The van der Waals surface area contributed by atoms with E-state index >= 15 is 0 Å². The molecule has 3 aromatic rings. The lowest BCUT2D eigenvalue weighted by atomic mass is 9.90. The fourth-order valence-corrected chi connectivity index (χ4v) is 3.47. The molecule has 3 amide bonds. The molecule has 6 heteroatoms. The highest BCUT2D eigenvalue weighted by Gasteiger charge is 2.48. The van der Waals surface area contributed by atoms with Gasteiger partial charge in [-0.25, -0.2) is 9.18 Å². The van der Waals surface area contributed by atoms with Gasteiger partial charge in [-0.3, -0.25) is 9.69 Å². The lowest BCUT2D eigenvalue weighted by Crippen LogP contribution is -2.40. The number of hydrogen-bond acceptors (Lipinski definition) is 3. The van der Waals surface area contributed by atoms with Gasteiger partial charge in [0, 0.05) is 0 Å². The highest BCUT2D eigenvalue weighted by atomic mass is 19.1. The van der Waals surface area contributed by atoms with Gasteiger partial charge < -0.3 is 10.1 Å². The largest absolute Gasteiger partial charge is 0.497 e. The minimum absolute atomic E-state index is 0.0886. The first-order valence-corrected chi connectivity index (χ1v) is 8.87. The predicted octanol–water partition coefficient (Wildman–Crippen LogP) is 3.95. The summed E-state index contributed by atoms with van der Waals surface area (Å²) >= 11 is 0. The maximum absolute atomic E-state index is 13.1. The Kier molecular flexibility index (Phi) is 4.26. The monoisotopic (exact) mass is 378 g/mol. The third kappa shape index (κ3) is 2.97. The Balaban J connectivity index is 1.65. The zero-order chi connectivity index (χ0) is 19.9. The molecule has 1 aliphatic heterocycles. The molecule has 1 aliphatic rings. The van der Waals surface area contributed by atoms with Crippen LogP contribution in [0.1, 0.15) is 18.1 Å². The van der Waals surface area contributed by atoms with E-state index in [1.807, 2.05) is 36.4 Å². The number of rotatable bonds is 4. The van der Waals surface area contributed by atoms with Crippen molar-refractivity contribution in [1.29, 1.82) is 0 Å². The third-order valence-corrected chi connectivity index (χ3v) is 5.15. The van der Waals surface area contributed by atoms with Crippen molar-refractivity contribution < 1.29 is 18.7 Å². The van der Waals surface area contributed by atoms with Crippen LogP contribution in [-0.4, -0.2) is 23.9 Å². The average molecular weight is 378 g/mol. The van der Waals surface area contributed by atoms with E-state index in [1.54, 1.807) is 26.2 Å². The summed E-state index contributed by atoms with van der Waals surface area (Å²) in [4.78, 5) is 26.7. The van der Waals surface area contributed by atoms with Crippen LogP contribution in [0.5, 0.6) is 5.75 Å². The number of amides is 3. The summed E-state index contributed by atoms with van der Waals surface area (Å²) in [6.45, 7) is 1.79. The second-order valence-electron chi connectivity index (χ2n) is 7.00. The van der Waals surface area contributed by atoms with Crippen molar-refractivity contribution in [3.8, 4) is 5.75 Å². The lowest BCUT2D eigenvalue weighted by Gasteiger charge is -2.23. The quantitative estimate of drug-likeness (QED) is 0.700. The van der Waals surface area contributed by atoms with Gasteiger partial charge in [0.2, 0.25) is 0 Å². The van der Waals surface area contributed by atoms with E-state index in [4.69, 9.17) is 4.74 Å². The number of hydrogen-bond donors (Lipinski definition) is 1. The van der Waals surface area contributed by atoms with Gasteiger partial charge in [0.05, 0.1) is 13.7 Å². The Morgan fingerprint density at radius 3 is 2.39 bits per heavy atom. The van der Waals surface area contributed by atoms with Crippen molar-refractivity contribution in [3.63, 3.8) is 0 Å². The third-order valence-electron chi connectivity index (χ3n) is 5.15. The van der Waals surface area contributed by atoms with Gasteiger partial charge in [0.1, 0.15) is 17.1 Å². The number of methoxy groups -OCH3 is 1. The molecule has 1 N–H and O–H groups in total. The molecule has 1 fully saturated rings. The minimum atomic E-state index is -1.16. The SMILES string of the molecule is COc1ccc2cc([C@@]3(C)NC(=O)N(Cc4ccc(F)cc4)C3=O)ccc2c1. The zero-order valence-corrected chi connectivity index (χ0v) is 15.5. The number of fused-ring (bicyclic) bond motifs is 1. The Morgan fingerprint density at radius 1 is 1.00 bits per heavy atom. The van der Waals surface area contributed by atoms with Crippen LogP contribution in [0.3, 0.4) is 0 Å². The second kappa shape index (κ2) is 6.64. The van der Waals surface area contributed by atoms with Crippen molar-refractivity contribution in [1.82, 2.24) is 10.2 Å². The smallest absolute Gasteiger partial charge is 0.325 e. The van der Waals surface area contributed by atoms with Gasteiger partial charge in [-0.15, -0.1) is 0 Å². The molecule has 1 saturated heterocycles. The number of nitrogens with zero attached hydrogens (tertiary/aromatic N) is 1. The molecule has 0 bridgehead atoms. The summed E-state index contributed by atoms with van der Waals surface area (Å²) in [6.07, 6.45) is 0. The summed E-state index contributed by atoms with van der Waals surface area (Å²) in [7, 11) is 1.61. The number of carbonyl (C=O) groups excluding carboxylic acids is 2. The number of halogens is 1. The van der Waals surface area contributed by atoms with Crippen LogP contribution >= 0.6 is 0 Å². The highest BCUT2D eigenvalue weighted by molar-refractivity contribution is 6.07. The van der Waals surface area contributed by atoms with E-state index < -0.39 is 11.6 Å². The lowest BCUT2D eigenvalue weighted by molar-refractivity contribution is -0.131. The van der Waals surface area contributed by atoms with E-state index in [2.05, 4.69) is 5.32 Å². The maximum Gasteiger partial charge on any atom is 0.325 e. The Morgan fingerprint density at radius 2 is 1.68 bits per heavy atom. The summed E-state index contributed by atoms with van der Waals surface area (Å²) in [5.74, 6) is 0.0513. The second-order valence-corrected chi connectivity index (χ2v) is 7.00. The number of benzene rings is 3. The van der Waals surface area contributed by atoms with Crippen LogP contribution in [0, 0.1) is 5.82 Å². The van der Waals surface area contributed by atoms with E-state index in [0.717, 1.165) is 21.4 Å². The van der Waals surface area contributed by atoms with Gasteiger partial charge in [0.25, 0.3) is 5.91 Å². The van der Waals surface area contributed by atoms with Crippen LogP contribution in [0.2, 0.25) is 0 Å². The molecule has 0 aromatic heterocycles. The first kappa shape index (κ1) is 18.0. The Labute approximate surface area is 161 Å². The standard InChI is InChI=1S/C22H19FN2O3/c1-22(17-7-5-16-12-19(28-2)10-6-15(16)11-17)20(26)25(21(27)24-22)13-14-3-8-18(23)9-4-14/h3-12H,13H2,1-2H3,(H,24,27)/t22-/m1/s1. The molecule has 0 saturated carbocycles. The van der Waals surface area contributed by atoms with Crippen molar-refractivity contribution in [3.05, 3.63) is 77.6 Å². The molecular formula is C22H19FN2O3. The molecule has 0 spiro atoms. The van der Waals surface area contributed by atoms with Crippen molar-refractivity contribution in [2.24, 2.45) is 0 Å². The molecular weight excluding hydrogens is 359 g/mol. The molecule has 3 aromatic carbocycles. The van der Waals surface area contributed by atoms with Crippen molar-refractivity contribution in [2.75, 3.05) is 7.11 Å². The van der Waals surface area contributed by atoms with Gasteiger partial charge in [-0.2, -0.15) is 0 Å². The van der Waals surface area contributed by atoms with Gasteiger partial charge in [-0.05, 0) is 59.2 Å². The van der Waals surface area contributed by atoms with E-state index in [-0.39, 0.29) is 18.3 Å². The van der Waals surface area contributed by atoms with Crippen molar-refractivity contribution >= 4 is 22.7 Å². The molecule has 0 aliphatic carbocycles. The van der Waals surface area contributed by atoms with Crippen LogP contribution in [0.4, 0.5) is 9.18 Å². The first-order valence-electron chi connectivity index (χ1n) is 8.87. The van der Waals surface area contributed by atoms with Crippen LogP contribution in [0.25, 0.3) is 10.8 Å². The maximum atomic E-state index is 13.1. The number of nitrogens with one attached hydrogen (secondary N) is 1. The number of urea groups is 1. The zero-order valence-electron chi connectivity index (χ0n) is 15.5. The van der Waals surface area contributed by atoms with E-state index in [9.17, 15) is 14.0 Å². The van der Waals surface area contributed by atoms with Crippen molar-refractivity contribution in [2.45, 2.75) is 19.0 Å². The van der Waals surface area contributed by atoms with Gasteiger partial charge in [-0.1, -0.05) is 30.3 Å². The highest BCUT2D eigenvalue weighted by Crippen LogP contribution is 2.32. The summed E-state index contributed by atoms with van der Waals surface area (Å²) in [5.41, 5.74) is 0.218. The number of imide groups is 1. The van der Waals surface area contributed by atoms with E-state index in [1.165, 1.54) is 12.1 Å². The molecule has 0 radical (unpaired) electrons. The molecule has 1 heterocycles. The van der Waals surface area contributed by atoms with Crippen LogP contribution in [-0.2, 0) is 16.9 Å². The average Bonchev–Trinajstić information content (AvgIpc) is 2.92. The van der Waals surface area contributed by atoms with Gasteiger partial charge in [0.15, 0.2) is 0 Å². The summed E-state index contributed by atoms with van der Waals surface area (Å²) in [6, 6.07) is 16.6. The topological polar surface area (TPSA) is 58.6 Å². The number of carbonyl (C=O) groups is 2.